The molecule has 0 aromatic rings. The molecule has 0 saturated heterocycles. The molecule has 0 N–H and O–H groups in total. The SMILES string of the molecule is CC1=CC[C-]=C1.C[Si](C)=[Zr+2].[C-]1=CC=CC1.[Cl-].[Cl-]. The van der Waals surface area contributed by atoms with E-state index in [1.54, 1.807) is 23.3 Å². The second kappa shape index (κ2) is 16.6. The van der Waals surface area contributed by atoms with Gasteiger partial charge >= 0.3 is 41.9 Å². The molecule has 0 fully saturated rings. The molecule has 0 unspecified atom stereocenters. The van der Waals surface area contributed by atoms with Gasteiger partial charge in [0.15, 0.2) is 0 Å². The minimum Gasteiger partial charge on any atom is -1.00 e. The van der Waals surface area contributed by atoms with E-state index in [4.69, 9.17) is 0 Å². The molecule has 0 heterocycles. The number of halogens is 2. The molecule has 0 nitrogen and oxygen atoms in total. The Balaban J connectivity index is -0.000000167. The van der Waals surface area contributed by atoms with Crippen LogP contribution in [0.15, 0.2) is 36.0 Å². The summed E-state index contributed by atoms with van der Waals surface area (Å²) < 4.78 is 0. The fraction of sp³-hybridized carbons (Fsp3) is 0.385. The molecule has 0 spiro atoms. The summed E-state index contributed by atoms with van der Waals surface area (Å²) in [7, 11) is 0. The molecule has 0 atom stereocenters. The Bertz CT molecular complexity index is 288. The normalized spacial score (nSPS) is 13.4. The Morgan fingerprint density at radius 3 is 1.88 bits per heavy atom. The summed E-state index contributed by atoms with van der Waals surface area (Å²) in [6, 6.07) is 0. The van der Waals surface area contributed by atoms with Gasteiger partial charge in [-0.3, -0.25) is 12.2 Å². The second-order valence-electron chi connectivity index (χ2n) is 3.50. The van der Waals surface area contributed by atoms with Gasteiger partial charge in [0.2, 0.25) is 0 Å². The van der Waals surface area contributed by atoms with E-state index in [0.717, 1.165) is 12.8 Å². The van der Waals surface area contributed by atoms with Gasteiger partial charge in [0, 0.05) is 0 Å². The Morgan fingerprint density at radius 2 is 1.76 bits per heavy atom. The quantitative estimate of drug-likeness (QED) is 0.338. The Kier molecular flexibility index (Phi) is 22.3. The van der Waals surface area contributed by atoms with Crippen LogP contribution < -0.4 is 24.8 Å². The predicted molar refractivity (Wildman–Crippen MR) is 65.2 cm³/mol. The van der Waals surface area contributed by atoms with Crippen molar-refractivity contribution in [3.8, 4) is 0 Å². The van der Waals surface area contributed by atoms with E-state index in [1.165, 1.54) is 5.57 Å². The van der Waals surface area contributed by atoms with Crippen LogP contribution in [0.2, 0.25) is 13.1 Å². The number of rotatable bonds is 0. The average Bonchev–Trinajstić information content (AvgIpc) is 2.75. The van der Waals surface area contributed by atoms with E-state index in [9.17, 15) is 0 Å². The van der Waals surface area contributed by atoms with Gasteiger partial charge in [0.25, 0.3) is 0 Å². The maximum atomic E-state index is 3.05. The van der Waals surface area contributed by atoms with Crippen molar-refractivity contribution in [2.75, 3.05) is 0 Å². The van der Waals surface area contributed by atoms with Crippen molar-refractivity contribution >= 4 is 5.43 Å². The molecule has 0 radical (unpaired) electrons. The largest absolute Gasteiger partial charge is 1.00 e. The first-order valence-corrected chi connectivity index (χ1v) is 11.3. The fourth-order valence-electron chi connectivity index (χ4n) is 0.839. The van der Waals surface area contributed by atoms with Crippen molar-refractivity contribution in [3.63, 3.8) is 0 Å². The molecule has 2 aliphatic rings. The standard InChI is InChI=1S/C6H7.C5H5.C2H6Si.2ClH.Zr/c1-6-4-2-3-5-6;1-2-4-5-3-1;1-3-2;;;/h4-5H,2H2,1H3;1-3H,4H2;1-2H3;2*1H;/q2*-1;;;;+2/p-2. The zero-order valence-corrected chi connectivity index (χ0v) is 15.5. The third-order valence-corrected chi connectivity index (χ3v) is 1.46. The molecule has 17 heavy (non-hydrogen) atoms. The van der Waals surface area contributed by atoms with Crippen LogP contribution >= 0.6 is 0 Å². The number of hydrogen-bond donors (Lipinski definition) is 0. The molecular formula is C13H18Cl2SiZr-2. The molecule has 0 bridgehead atoms. The van der Waals surface area contributed by atoms with Crippen molar-refractivity contribution in [2.45, 2.75) is 32.9 Å². The molecule has 2 rings (SSSR count). The van der Waals surface area contributed by atoms with Gasteiger partial charge < -0.3 is 24.8 Å². The van der Waals surface area contributed by atoms with Crippen LogP contribution in [0.3, 0.4) is 0 Å². The molecule has 94 valence electrons. The van der Waals surface area contributed by atoms with Crippen molar-refractivity contribution in [1.29, 1.82) is 0 Å². The van der Waals surface area contributed by atoms with E-state index in [0.29, 0.717) is 0 Å². The van der Waals surface area contributed by atoms with Gasteiger partial charge in [-0.25, -0.2) is 23.8 Å². The summed E-state index contributed by atoms with van der Waals surface area (Å²) in [5.74, 6) is 0. The molecule has 0 amide bonds. The van der Waals surface area contributed by atoms with Crippen LogP contribution in [0, 0.1) is 12.2 Å². The molecule has 0 aromatic carbocycles. The van der Waals surface area contributed by atoms with E-state index in [1.807, 2.05) is 18.2 Å². The van der Waals surface area contributed by atoms with Crippen LogP contribution in [0.25, 0.3) is 0 Å². The third-order valence-electron chi connectivity index (χ3n) is 1.46. The summed E-state index contributed by atoms with van der Waals surface area (Å²) in [6.45, 7) is 6.70. The Labute approximate surface area is 134 Å². The Morgan fingerprint density at radius 1 is 1.18 bits per heavy atom. The van der Waals surface area contributed by atoms with Crippen molar-refractivity contribution in [3.05, 3.63) is 48.1 Å². The first-order chi connectivity index (χ1) is 7.13. The zero-order chi connectivity index (χ0) is 11.5. The maximum absolute atomic E-state index is 3.05. The van der Waals surface area contributed by atoms with Gasteiger partial charge in [0.1, 0.15) is 0 Å². The summed E-state index contributed by atoms with van der Waals surface area (Å²) in [6.07, 6.45) is 18.2. The second-order valence-corrected chi connectivity index (χ2v) is 12.9. The number of hydrogen-bond acceptors (Lipinski definition) is 0. The molecule has 0 aromatic heterocycles. The minimum atomic E-state index is 0. The van der Waals surface area contributed by atoms with Crippen molar-refractivity contribution in [1.82, 2.24) is 0 Å². The maximum Gasteiger partial charge on any atom is -0.109 e. The first-order valence-electron chi connectivity index (χ1n) is 5.09. The van der Waals surface area contributed by atoms with Crippen LogP contribution in [0.1, 0.15) is 19.8 Å². The van der Waals surface area contributed by atoms with Crippen LogP contribution in [-0.4, -0.2) is 5.43 Å². The monoisotopic (exact) mass is 362 g/mol. The summed E-state index contributed by atoms with van der Waals surface area (Å²) >= 11 is 1.74. The molecule has 4 heteroatoms. The van der Waals surface area contributed by atoms with Gasteiger partial charge in [-0.05, 0) is 0 Å². The molecule has 0 aliphatic heterocycles. The summed E-state index contributed by atoms with van der Waals surface area (Å²) in [4.78, 5) is 0. The van der Waals surface area contributed by atoms with E-state index < -0.39 is 0 Å². The number of allylic oxidation sites excluding steroid dienone is 8. The average molecular weight is 365 g/mol. The fourth-order valence-corrected chi connectivity index (χ4v) is 0.839. The topological polar surface area (TPSA) is 0 Å². The van der Waals surface area contributed by atoms with Gasteiger partial charge in [-0.2, -0.15) is 12.2 Å². The molecule has 2 aliphatic carbocycles. The van der Waals surface area contributed by atoms with Crippen LogP contribution in [0.4, 0.5) is 0 Å². The van der Waals surface area contributed by atoms with Gasteiger partial charge in [0.05, 0.1) is 0 Å². The Hall–Kier alpha value is 0.640. The van der Waals surface area contributed by atoms with E-state index in [2.05, 4.69) is 44.3 Å². The van der Waals surface area contributed by atoms with Gasteiger partial charge in [-0.15, -0.1) is 19.8 Å². The molecule has 0 saturated carbocycles. The minimum absolute atomic E-state index is 0. The van der Waals surface area contributed by atoms with Crippen LogP contribution in [-0.2, 0) is 23.3 Å². The zero-order valence-electron chi connectivity index (χ0n) is 10.6. The van der Waals surface area contributed by atoms with Crippen molar-refractivity contribution in [2.24, 2.45) is 0 Å². The smallest absolute Gasteiger partial charge is 0.109 e. The van der Waals surface area contributed by atoms with E-state index in [-0.39, 0.29) is 30.2 Å². The van der Waals surface area contributed by atoms with Gasteiger partial charge in [-0.1, -0.05) is 0 Å². The first kappa shape index (κ1) is 22.8. The van der Waals surface area contributed by atoms with E-state index >= 15 is 0 Å². The third kappa shape index (κ3) is 22.3. The molecular weight excluding hydrogens is 346 g/mol. The predicted octanol–water partition coefficient (Wildman–Crippen LogP) is -2.21. The van der Waals surface area contributed by atoms with Crippen molar-refractivity contribution < 1.29 is 48.1 Å². The summed E-state index contributed by atoms with van der Waals surface area (Å²) in [5.41, 5.74) is 1.55. The summed E-state index contributed by atoms with van der Waals surface area (Å²) in [5, 5.41) is 0. The van der Waals surface area contributed by atoms with Crippen LogP contribution in [0.5, 0.6) is 0 Å².